The van der Waals surface area contributed by atoms with Crippen molar-refractivity contribution in [3.63, 3.8) is 0 Å². The minimum atomic E-state index is -1.05. The van der Waals surface area contributed by atoms with Crippen molar-refractivity contribution in [2.24, 2.45) is 0 Å². The van der Waals surface area contributed by atoms with Gasteiger partial charge in [0.05, 0.1) is 5.41 Å². The van der Waals surface area contributed by atoms with E-state index in [1.807, 2.05) is 98.8 Å². The van der Waals surface area contributed by atoms with Gasteiger partial charge in [-0.3, -0.25) is 4.79 Å². The highest BCUT2D eigenvalue weighted by Gasteiger charge is 2.38. The third-order valence-electron chi connectivity index (χ3n) is 5.32. The number of aryl methyl sites for hydroxylation is 1. The number of nitrogens with one attached hydrogen (secondary N) is 1. The van der Waals surface area contributed by atoms with Gasteiger partial charge in [-0.1, -0.05) is 90.5 Å². The summed E-state index contributed by atoms with van der Waals surface area (Å²) in [5, 5.41) is 12.5. The number of amides is 1. The van der Waals surface area contributed by atoms with E-state index in [9.17, 15) is 14.7 Å². The van der Waals surface area contributed by atoms with Gasteiger partial charge in [0.1, 0.15) is 6.04 Å². The molecule has 0 bridgehead atoms. The standard InChI is InChI=1S/C25H25NO3/c1-18-13-15-19(16-14-18)17-22(23(27)28)26-24(29)25(2,20-9-5-3-6-10-20)21-11-7-4-8-12-21/h3-16,22H,17H2,1-2H3,(H,26,29)(H,27,28)/t22-/m1/s1. The zero-order valence-electron chi connectivity index (χ0n) is 16.6. The lowest BCUT2D eigenvalue weighted by atomic mass is 9.75. The molecule has 3 aromatic rings. The predicted octanol–water partition coefficient (Wildman–Crippen LogP) is 4.11. The average molecular weight is 387 g/mol. The molecule has 0 spiro atoms. The molecule has 29 heavy (non-hydrogen) atoms. The smallest absolute Gasteiger partial charge is 0.326 e. The first-order valence-electron chi connectivity index (χ1n) is 9.61. The Hall–Kier alpha value is -3.40. The van der Waals surface area contributed by atoms with Gasteiger partial charge in [-0.25, -0.2) is 4.79 Å². The molecule has 0 aliphatic carbocycles. The summed E-state index contributed by atoms with van der Waals surface area (Å²) in [6, 6.07) is 25.5. The molecule has 2 N–H and O–H groups in total. The van der Waals surface area contributed by atoms with Crippen LogP contribution in [0.15, 0.2) is 84.9 Å². The van der Waals surface area contributed by atoms with Gasteiger partial charge in [-0.2, -0.15) is 0 Å². The highest BCUT2D eigenvalue weighted by molar-refractivity contribution is 5.94. The molecule has 1 amide bonds. The molecule has 0 aromatic heterocycles. The lowest BCUT2D eigenvalue weighted by Gasteiger charge is -2.31. The van der Waals surface area contributed by atoms with Crippen LogP contribution in [-0.2, 0) is 21.4 Å². The molecule has 4 nitrogen and oxygen atoms in total. The van der Waals surface area contributed by atoms with E-state index < -0.39 is 17.4 Å². The molecule has 148 valence electrons. The van der Waals surface area contributed by atoms with Crippen LogP contribution >= 0.6 is 0 Å². The van der Waals surface area contributed by atoms with Crippen molar-refractivity contribution in [3.05, 3.63) is 107 Å². The van der Waals surface area contributed by atoms with E-state index in [1.165, 1.54) is 0 Å². The lowest BCUT2D eigenvalue weighted by Crippen LogP contribution is -2.50. The van der Waals surface area contributed by atoms with Crippen molar-refractivity contribution in [2.45, 2.75) is 31.7 Å². The van der Waals surface area contributed by atoms with E-state index in [0.29, 0.717) is 0 Å². The van der Waals surface area contributed by atoms with Crippen LogP contribution in [0.2, 0.25) is 0 Å². The monoisotopic (exact) mass is 387 g/mol. The second-order valence-electron chi connectivity index (χ2n) is 7.41. The number of carboxylic acids is 1. The van der Waals surface area contributed by atoms with Crippen LogP contribution in [0.3, 0.4) is 0 Å². The van der Waals surface area contributed by atoms with Crippen molar-refractivity contribution in [1.29, 1.82) is 0 Å². The number of aliphatic carboxylic acids is 1. The summed E-state index contributed by atoms with van der Waals surface area (Å²) in [4.78, 5) is 25.3. The molecule has 4 heteroatoms. The summed E-state index contributed by atoms with van der Waals surface area (Å²) < 4.78 is 0. The van der Waals surface area contributed by atoms with E-state index in [-0.39, 0.29) is 12.3 Å². The summed E-state index contributed by atoms with van der Waals surface area (Å²) in [5.41, 5.74) is 2.57. The normalized spacial score (nSPS) is 12.2. The molecular weight excluding hydrogens is 362 g/mol. The Morgan fingerprint density at radius 1 is 0.862 bits per heavy atom. The van der Waals surface area contributed by atoms with Crippen LogP contribution < -0.4 is 5.32 Å². The van der Waals surface area contributed by atoms with E-state index in [2.05, 4.69) is 5.32 Å². The molecule has 0 fully saturated rings. The van der Waals surface area contributed by atoms with E-state index in [1.54, 1.807) is 0 Å². The van der Waals surface area contributed by atoms with Gasteiger partial charge in [0.25, 0.3) is 0 Å². The van der Waals surface area contributed by atoms with E-state index in [4.69, 9.17) is 0 Å². The Morgan fingerprint density at radius 3 is 1.79 bits per heavy atom. The number of benzene rings is 3. The van der Waals surface area contributed by atoms with E-state index in [0.717, 1.165) is 22.3 Å². The largest absolute Gasteiger partial charge is 0.480 e. The summed E-state index contributed by atoms with van der Waals surface area (Å²) in [6.07, 6.45) is 0.223. The van der Waals surface area contributed by atoms with Gasteiger partial charge >= 0.3 is 5.97 Å². The Labute approximate surface area is 171 Å². The Morgan fingerprint density at radius 2 is 1.34 bits per heavy atom. The van der Waals surface area contributed by atoms with Crippen LogP contribution in [0, 0.1) is 6.92 Å². The molecule has 0 unspecified atom stereocenters. The van der Waals surface area contributed by atoms with Gasteiger partial charge in [-0.15, -0.1) is 0 Å². The van der Waals surface area contributed by atoms with Crippen LogP contribution in [0.4, 0.5) is 0 Å². The fourth-order valence-corrected chi connectivity index (χ4v) is 3.43. The minimum absolute atomic E-state index is 0.223. The third-order valence-corrected chi connectivity index (χ3v) is 5.32. The number of hydrogen-bond donors (Lipinski definition) is 2. The van der Waals surface area contributed by atoms with Gasteiger partial charge in [0.15, 0.2) is 0 Å². The van der Waals surface area contributed by atoms with Crippen molar-refractivity contribution in [3.8, 4) is 0 Å². The molecular formula is C25H25NO3. The average Bonchev–Trinajstić information content (AvgIpc) is 2.75. The molecule has 3 rings (SSSR count). The number of carbonyl (C=O) groups excluding carboxylic acids is 1. The summed E-state index contributed by atoms with van der Waals surface area (Å²) >= 11 is 0. The fraction of sp³-hybridized carbons (Fsp3) is 0.200. The van der Waals surface area contributed by atoms with Crippen LogP contribution in [0.1, 0.15) is 29.2 Å². The maximum absolute atomic E-state index is 13.5. The summed E-state index contributed by atoms with van der Waals surface area (Å²) in [6.45, 7) is 3.81. The minimum Gasteiger partial charge on any atom is -0.480 e. The molecule has 0 saturated heterocycles. The molecule has 0 saturated carbocycles. The third kappa shape index (κ3) is 4.54. The van der Waals surface area contributed by atoms with Crippen LogP contribution in [-0.4, -0.2) is 23.0 Å². The molecule has 3 aromatic carbocycles. The Bertz CT molecular complexity index is 926. The zero-order valence-corrected chi connectivity index (χ0v) is 16.6. The molecule has 0 aliphatic heterocycles. The summed E-state index contributed by atoms with van der Waals surface area (Å²) in [7, 11) is 0. The first-order chi connectivity index (χ1) is 13.9. The second-order valence-corrected chi connectivity index (χ2v) is 7.41. The Kier molecular flexibility index (Phi) is 6.13. The quantitative estimate of drug-likeness (QED) is 0.641. The maximum Gasteiger partial charge on any atom is 0.326 e. The van der Waals surface area contributed by atoms with Crippen LogP contribution in [0.25, 0.3) is 0 Å². The number of rotatable bonds is 7. The highest BCUT2D eigenvalue weighted by atomic mass is 16.4. The number of hydrogen-bond acceptors (Lipinski definition) is 2. The van der Waals surface area contributed by atoms with Gasteiger partial charge < -0.3 is 10.4 Å². The Balaban J connectivity index is 1.92. The zero-order chi connectivity index (χ0) is 20.9. The van der Waals surface area contributed by atoms with Gasteiger partial charge in [0.2, 0.25) is 5.91 Å². The van der Waals surface area contributed by atoms with Crippen LogP contribution in [0.5, 0.6) is 0 Å². The lowest BCUT2D eigenvalue weighted by molar-refractivity contribution is -0.142. The van der Waals surface area contributed by atoms with Crippen molar-refractivity contribution in [1.82, 2.24) is 5.32 Å². The first-order valence-corrected chi connectivity index (χ1v) is 9.61. The topological polar surface area (TPSA) is 66.4 Å². The predicted molar refractivity (Wildman–Crippen MR) is 114 cm³/mol. The highest BCUT2D eigenvalue weighted by Crippen LogP contribution is 2.32. The van der Waals surface area contributed by atoms with Gasteiger partial charge in [-0.05, 0) is 30.5 Å². The molecule has 0 aliphatic rings. The van der Waals surface area contributed by atoms with Crippen molar-refractivity contribution < 1.29 is 14.7 Å². The molecule has 1 atom stereocenters. The van der Waals surface area contributed by atoms with E-state index >= 15 is 0 Å². The SMILES string of the molecule is Cc1ccc(C[C@@H](NC(=O)C(C)(c2ccccc2)c2ccccc2)C(=O)O)cc1. The first kappa shape index (κ1) is 20.3. The molecule has 0 radical (unpaired) electrons. The van der Waals surface area contributed by atoms with Crippen molar-refractivity contribution >= 4 is 11.9 Å². The van der Waals surface area contributed by atoms with Gasteiger partial charge in [0, 0.05) is 6.42 Å². The maximum atomic E-state index is 13.5. The number of carboxylic acid groups (broad SMARTS) is 1. The number of carbonyl (C=O) groups is 2. The van der Waals surface area contributed by atoms with Crippen molar-refractivity contribution in [2.75, 3.05) is 0 Å². The summed E-state index contributed by atoms with van der Waals surface area (Å²) in [5.74, 6) is -1.39. The second kappa shape index (κ2) is 8.74. The molecule has 0 heterocycles. The fourth-order valence-electron chi connectivity index (χ4n) is 3.43.